The minimum absolute atomic E-state index is 0.0323. The predicted molar refractivity (Wildman–Crippen MR) is 64.2 cm³/mol. The Balaban J connectivity index is 2.27. The number of aliphatic hydroxyl groups excluding tert-OH is 1. The fourth-order valence-corrected chi connectivity index (χ4v) is 2.24. The zero-order valence-electron chi connectivity index (χ0n) is 10.3. The summed E-state index contributed by atoms with van der Waals surface area (Å²) in [4.78, 5) is 11.7. The van der Waals surface area contributed by atoms with Crippen LogP contribution in [0, 0.1) is 0 Å². The minimum Gasteiger partial charge on any atom is -0.391 e. The summed E-state index contributed by atoms with van der Waals surface area (Å²) in [6.45, 7) is 4.90. The summed E-state index contributed by atoms with van der Waals surface area (Å²) < 4.78 is 0. The number of hydrogen-bond acceptors (Lipinski definition) is 3. The molecule has 4 heteroatoms. The Kier molecular flexibility index (Phi) is 5.77. The number of aliphatic hydroxyl groups is 1. The van der Waals surface area contributed by atoms with E-state index >= 15 is 0 Å². The van der Waals surface area contributed by atoms with Gasteiger partial charge in [-0.25, -0.2) is 0 Å². The monoisotopic (exact) mass is 228 g/mol. The molecule has 1 amide bonds. The fourth-order valence-electron chi connectivity index (χ4n) is 2.24. The van der Waals surface area contributed by atoms with Crippen molar-refractivity contribution in [1.82, 2.24) is 10.6 Å². The topological polar surface area (TPSA) is 61.4 Å². The summed E-state index contributed by atoms with van der Waals surface area (Å²) in [6, 6.07) is 0.167. The van der Waals surface area contributed by atoms with Crippen LogP contribution in [0.2, 0.25) is 0 Å². The lowest BCUT2D eigenvalue weighted by molar-refractivity contribution is -0.123. The van der Waals surface area contributed by atoms with Gasteiger partial charge in [0.1, 0.15) is 0 Å². The third kappa shape index (κ3) is 4.49. The van der Waals surface area contributed by atoms with Crippen LogP contribution in [-0.2, 0) is 4.79 Å². The number of rotatable bonds is 5. The molecule has 0 heterocycles. The minimum atomic E-state index is -0.354. The third-order valence-corrected chi connectivity index (χ3v) is 3.12. The lowest BCUT2D eigenvalue weighted by Crippen LogP contribution is -2.46. The van der Waals surface area contributed by atoms with Gasteiger partial charge in [-0.1, -0.05) is 19.8 Å². The van der Waals surface area contributed by atoms with Gasteiger partial charge in [0, 0.05) is 12.5 Å². The second kappa shape index (κ2) is 6.86. The molecule has 3 N–H and O–H groups in total. The molecule has 1 aliphatic rings. The molecule has 1 unspecified atom stereocenters. The van der Waals surface area contributed by atoms with Crippen LogP contribution in [0.3, 0.4) is 0 Å². The van der Waals surface area contributed by atoms with Crippen LogP contribution in [0.15, 0.2) is 0 Å². The van der Waals surface area contributed by atoms with Gasteiger partial charge < -0.3 is 15.7 Å². The summed E-state index contributed by atoms with van der Waals surface area (Å²) in [5.74, 6) is 0.0411. The average Bonchev–Trinajstić information content (AvgIpc) is 2.21. The van der Waals surface area contributed by atoms with E-state index in [-0.39, 0.29) is 24.1 Å². The van der Waals surface area contributed by atoms with Crippen molar-refractivity contribution in [2.75, 3.05) is 6.54 Å². The Morgan fingerprint density at radius 1 is 1.44 bits per heavy atom. The number of hydrogen-bond donors (Lipinski definition) is 3. The Bertz CT molecular complexity index is 221. The van der Waals surface area contributed by atoms with Gasteiger partial charge in [0.25, 0.3) is 0 Å². The summed E-state index contributed by atoms with van der Waals surface area (Å²) in [7, 11) is 0. The van der Waals surface area contributed by atoms with Crippen LogP contribution in [0.1, 0.15) is 46.0 Å². The molecule has 0 aliphatic heterocycles. The molecule has 94 valence electrons. The first-order chi connectivity index (χ1) is 7.63. The first-order valence-electron chi connectivity index (χ1n) is 6.34. The molecular weight excluding hydrogens is 204 g/mol. The lowest BCUT2D eigenvalue weighted by Gasteiger charge is -2.28. The summed E-state index contributed by atoms with van der Waals surface area (Å²) in [5.41, 5.74) is 0. The third-order valence-electron chi connectivity index (χ3n) is 3.12. The highest BCUT2D eigenvalue weighted by Gasteiger charge is 2.24. The van der Waals surface area contributed by atoms with E-state index in [1.165, 1.54) is 0 Å². The van der Waals surface area contributed by atoms with E-state index < -0.39 is 0 Å². The number of carbonyl (C=O) groups is 1. The number of carbonyl (C=O) groups excluding carboxylic acids is 1. The van der Waals surface area contributed by atoms with Crippen LogP contribution in [-0.4, -0.2) is 35.7 Å². The van der Waals surface area contributed by atoms with Crippen molar-refractivity contribution in [3.05, 3.63) is 0 Å². The van der Waals surface area contributed by atoms with Gasteiger partial charge in [-0.15, -0.1) is 0 Å². The first kappa shape index (κ1) is 13.5. The first-order valence-corrected chi connectivity index (χ1v) is 6.34. The van der Waals surface area contributed by atoms with E-state index in [1.54, 1.807) is 0 Å². The molecule has 1 fully saturated rings. The molecule has 0 aromatic heterocycles. The van der Waals surface area contributed by atoms with Crippen LogP contribution < -0.4 is 10.6 Å². The van der Waals surface area contributed by atoms with Gasteiger partial charge in [-0.3, -0.25) is 4.79 Å². The van der Waals surface area contributed by atoms with Crippen molar-refractivity contribution in [3.63, 3.8) is 0 Å². The van der Waals surface area contributed by atoms with E-state index in [9.17, 15) is 9.90 Å². The van der Waals surface area contributed by atoms with E-state index in [0.29, 0.717) is 6.42 Å². The molecule has 0 spiro atoms. The van der Waals surface area contributed by atoms with Gasteiger partial charge in [0.2, 0.25) is 5.91 Å². The molecule has 0 aromatic carbocycles. The SMILES string of the molecule is CCNC(C)CC(=O)N[C@@H]1CCCC[C@H]1O. The summed E-state index contributed by atoms with van der Waals surface area (Å²) in [5, 5.41) is 15.9. The maximum Gasteiger partial charge on any atom is 0.221 e. The number of nitrogens with one attached hydrogen (secondary N) is 2. The maximum atomic E-state index is 11.7. The molecular formula is C12H24N2O2. The maximum absolute atomic E-state index is 11.7. The average molecular weight is 228 g/mol. The highest BCUT2D eigenvalue weighted by molar-refractivity contribution is 5.76. The van der Waals surface area contributed by atoms with Gasteiger partial charge in [0.15, 0.2) is 0 Å². The van der Waals surface area contributed by atoms with E-state index in [0.717, 1.165) is 32.2 Å². The highest BCUT2D eigenvalue weighted by Crippen LogP contribution is 2.18. The van der Waals surface area contributed by atoms with Crippen molar-refractivity contribution >= 4 is 5.91 Å². The Labute approximate surface area is 97.8 Å². The van der Waals surface area contributed by atoms with Crippen molar-refractivity contribution in [3.8, 4) is 0 Å². The molecule has 0 bridgehead atoms. The van der Waals surface area contributed by atoms with E-state index in [2.05, 4.69) is 10.6 Å². The fraction of sp³-hybridized carbons (Fsp3) is 0.917. The Morgan fingerprint density at radius 3 is 2.75 bits per heavy atom. The molecule has 0 saturated heterocycles. The second-order valence-corrected chi connectivity index (χ2v) is 4.69. The Hall–Kier alpha value is -0.610. The molecule has 1 rings (SSSR count). The normalized spacial score (nSPS) is 27.4. The standard InChI is InChI=1S/C12H24N2O2/c1-3-13-9(2)8-12(16)14-10-6-4-5-7-11(10)15/h9-11,13,15H,3-8H2,1-2H3,(H,14,16)/t9?,10-,11-/m1/s1. The van der Waals surface area contributed by atoms with Crippen molar-refractivity contribution < 1.29 is 9.90 Å². The van der Waals surface area contributed by atoms with Gasteiger partial charge in [0.05, 0.1) is 12.1 Å². The van der Waals surface area contributed by atoms with Crippen LogP contribution in [0.4, 0.5) is 0 Å². The molecule has 3 atom stereocenters. The zero-order chi connectivity index (χ0) is 12.0. The van der Waals surface area contributed by atoms with E-state index in [4.69, 9.17) is 0 Å². The largest absolute Gasteiger partial charge is 0.391 e. The smallest absolute Gasteiger partial charge is 0.221 e. The van der Waals surface area contributed by atoms with Gasteiger partial charge >= 0.3 is 0 Å². The van der Waals surface area contributed by atoms with Crippen molar-refractivity contribution in [1.29, 1.82) is 0 Å². The molecule has 4 nitrogen and oxygen atoms in total. The van der Waals surface area contributed by atoms with Crippen LogP contribution in [0.5, 0.6) is 0 Å². The molecule has 1 aliphatic carbocycles. The zero-order valence-corrected chi connectivity index (χ0v) is 10.3. The molecule has 16 heavy (non-hydrogen) atoms. The van der Waals surface area contributed by atoms with Gasteiger partial charge in [-0.05, 0) is 26.3 Å². The molecule has 0 radical (unpaired) electrons. The molecule has 0 aromatic rings. The summed E-state index contributed by atoms with van der Waals surface area (Å²) >= 11 is 0. The van der Waals surface area contributed by atoms with Crippen LogP contribution >= 0.6 is 0 Å². The second-order valence-electron chi connectivity index (χ2n) is 4.69. The number of amides is 1. The van der Waals surface area contributed by atoms with Gasteiger partial charge in [-0.2, -0.15) is 0 Å². The predicted octanol–water partition coefficient (Wildman–Crippen LogP) is 0.794. The Morgan fingerprint density at radius 2 is 2.12 bits per heavy atom. The highest BCUT2D eigenvalue weighted by atomic mass is 16.3. The molecule has 1 saturated carbocycles. The summed E-state index contributed by atoms with van der Waals surface area (Å²) in [6.07, 6.45) is 4.02. The lowest BCUT2D eigenvalue weighted by atomic mass is 9.92. The van der Waals surface area contributed by atoms with Crippen molar-refractivity contribution in [2.24, 2.45) is 0 Å². The van der Waals surface area contributed by atoms with Crippen molar-refractivity contribution in [2.45, 2.75) is 64.1 Å². The quantitative estimate of drug-likeness (QED) is 0.652. The van der Waals surface area contributed by atoms with E-state index in [1.807, 2.05) is 13.8 Å². The van der Waals surface area contributed by atoms with Crippen LogP contribution in [0.25, 0.3) is 0 Å².